The lowest BCUT2D eigenvalue weighted by Crippen LogP contribution is -2.47. The van der Waals surface area contributed by atoms with Gasteiger partial charge in [-0.2, -0.15) is 0 Å². The van der Waals surface area contributed by atoms with Crippen molar-refractivity contribution in [3.63, 3.8) is 0 Å². The predicted molar refractivity (Wildman–Crippen MR) is 83.5 cm³/mol. The van der Waals surface area contributed by atoms with Crippen LogP contribution < -0.4 is 5.32 Å². The summed E-state index contributed by atoms with van der Waals surface area (Å²) in [7, 11) is 0. The summed E-state index contributed by atoms with van der Waals surface area (Å²) in [5.41, 5.74) is 0. The van der Waals surface area contributed by atoms with Crippen LogP contribution in [0.4, 0.5) is 0 Å². The summed E-state index contributed by atoms with van der Waals surface area (Å²) in [4.78, 5) is 2.71. The third kappa shape index (κ3) is 4.75. The number of nitrogens with one attached hydrogen (secondary N) is 1. The van der Waals surface area contributed by atoms with Gasteiger partial charge in [-0.15, -0.1) is 0 Å². The van der Waals surface area contributed by atoms with Crippen LogP contribution in [0.3, 0.4) is 0 Å². The molecule has 0 amide bonds. The van der Waals surface area contributed by atoms with Crippen molar-refractivity contribution in [2.24, 2.45) is 11.8 Å². The van der Waals surface area contributed by atoms with Gasteiger partial charge < -0.3 is 10.2 Å². The molecule has 112 valence electrons. The fourth-order valence-corrected chi connectivity index (χ4v) is 3.83. The van der Waals surface area contributed by atoms with Crippen LogP contribution >= 0.6 is 0 Å². The summed E-state index contributed by atoms with van der Waals surface area (Å²) < 4.78 is 0. The maximum atomic E-state index is 3.78. The molecule has 2 heteroatoms. The molecular formula is C17H34N2. The van der Waals surface area contributed by atoms with Gasteiger partial charge in [0.2, 0.25) is 0 Å². The second kappa shape index (κ2) is 8.26. The first-order chi connectivity index (χ1) is 9.33. The van der Waals surface area contributed by atoms with Crippen molar-refractivity contribution >= 4 is 0 Å². The first kappa shape index (κ1) is 15.3. The van der Waals surface area contributed by atoms with E-state index in [4.69, 9.17) is 0 Å². The van der Waals surface area contributed by atoms with Crippen LogP contribution in [0.25, 0.3) is 0 Å². The predicted octanol–water partition coefficient (Wildman–Crippen LogP) is 3.67. The molecule has 1 unspecified atom stereocenters. The summed E-state index contributed by atoms with van der Waals surface area (Å²) in [6.07, 6.45) is 11.7. The van der Waals surface area contributed by atoms with E-state index in [2.05, 4.69) is 24.1 Å². The first-order valence-corrected chi connectivity index (χ1v) is 8.79. The molecule has 19 heavy (non-hydrogen) atoms. The number of rotatable bonds is 8. The Morgan fingerprint density at radius 3 is 2.26 bits per heavy atom. The van der Waals surface area contributed by atoms with Crippen molar-refractivity contribution in [3.05, 3.63) is 0 Å². The molecule has 2 rings (SSSR count). The largest absolute Gasteiger partial charge is 0.313 e. The summed E-state index contributed by atoms with van der Waals surface area (Å²) in [6, 6.07) is 0.741. The highest BCUT2D eigenvalue weighted by Gasteiger charge is 2.26. The Morgan fingerprint density at radius 2 is 1.74 bits per heavy atom. The van der Waals surface area contributed by atoms with Gasteiger partial charge in [-0.05, 0) is 50.6 Å². The van der Waals surface area contributed by atoms with E-state index >= 15 is 0 Å². The van der Waals surface area contributed by atoms with Crippen molar-refractivity contribution in [2.75, 3.05) is 26.2 Å². The fraction of sp³-hybridized carbons (Fsp3) is 1.00. The molecule has 2 aliphatic rings. The van der Waals surface area contributed by atoms with Gasteiger partial charge in [-0.3, -0.25) is 0 Å². The lowest BCUT2D eigenvalue weighted by atomic mass is 9.82. The van der Waals surface area contributed by atoms with E-state index in [-0.39, 0.29) is 0 Å². The highest BCUT2D eigenvalue weighted by molar-refractivity contribution is 4.83. The number of nitrogens with zero attached hydrogens (tertiary/aromatic N) is 1. The number of likely N-dealkylation sites (N-methyl/N-ethyl adjacent to an activating group) is 2. The van der Waals surface area contributed by atoms with Crippen LogP contribution in [0, 0.1) is 11.8 Å². The third-order valence-electron chi connectivity index (χ3n) is 5.33. The normalized spacial score (nSPS) is 23.5. The molecule has 0 bridgehead atoms. The quantitative estimate of drug-likeness (QED) is 0.721. The zero-order chi connectivity index (χ0) is 13.5. The molecule has 2 nitrogen and oxygen atoms in total. The van der Waals surface area contributed by atoms with Gasteiger partial charge in [0.1, 0.15) is 0 Å². The molecule has 0 aromatic carbocycles. The summed E-state index contributed by atoms with van der Waals surface area (Å²) in [5.74, 6) is 1.94. The second-order valence-corrected chi connectivity index (χ2v) is 6.71. The first-order valence-electron chi connectivity index (χ1n) is 8.79. The second-order valence-electron chi connectivity index (χ2n) is 6.71. The molecule has 0 aromatic heterocycles. The molecule has 2 aliphatic carbocycles. The lowest BCUT2D eigenvalue weighted by molar-refractivity contribution is 0.145. The Hall–Kier alpha value is -0.0800. The van der Waals surface area contributed by atoms with Gasteiger partial charge >= 0.3 is 0 Å². The molecule has 2 fully saturated rings. The van der Waals surface area contributed by atoms with E-state index in [1.807, 2.05) is 0 Å². The Kier molecular flexibility index (Phi) is 6.66. The highest BCUT2D eigenvalue weighted by atomic mass is 15.1. The standard InChI is InChI=1S/C17H34N2/c1-3-18-17(16-11-6-5-7-12-16)14-19(4-2)13-15-9-8-10-15/h15-18H,3-14H2,1-2H3. The molecular weight excluding hydrogens is 232 g/mol. The van der Waals surface area contributed by atoms with Gasteiger partial charge in [0.25, 0.3) is 0 Å². The van der Waals surface area contributed by atoms with Gasteiger partial charge in [0.15, 0.2) is 0 Å². The van der Waals surface area contributed by atoms with Crippen molar-refractivity contribution in [1.29, 1.82) is 0 Å². The minimum absolute atomic E-state index is 0.741. The molecule has 0 spiro atoms. The number of hydrogen-bond acceptors (Lipinski definition) is 2. The van der Waals surface area contributed by atoms with Gasteiger partial charge in [-0.25, -0.2) is 0 Å². The van der Waals surface area contributed by atoms with Gasteiger partial charge in [0.05, 0.1) is 0 Å². The number of hydrogen-bond donors (Lipinski definition) is 1. The van der Waals surface area contributed by atoms with E-state index < -0.39 is 0 Å². The van der Waals surface area contributed by atoms with Gasteiger partial charge in [0, 0.05) is 19.1 Å². The van der Waals surface area contributed by atoms with E-state index in [0.29, 0.717) is 0 Å². The Balaban J connectivity index is 1.81. The summed E-state index contributed by atoms with van der Waals surface area (Å²) in [6.45, 7) is 9.59. The smallest absolute Gasteiger partial charge is 0.0223 e. The molecule has 0 radical (unpaired) electrons. The highest BCUT2D eigenvalue weighted by Crippen LogP contribution is 2.29. The lowest BCUT2D eigenvalue weighted by Gasteiger charge is -2.37. The van der Waals surface area contributed by atoms with Crippen LogP contribution in [-0.2, 0) is 0 Å². The summed E-state index contributed by atoms with van der Waals surface area (Å²) in [5, 5.41) is 3.78. The Bertz CT molecular complexity index is 231. The van der Waals surface area contributed by atoms with Crippen molar-refractivity contribution in [1.82, 2.24) is 10.2 Å². The van der Waals surface area contributed by atoms with Crippen LogP contribution in [-0.4, -0.2) is 37.1 Å². The molecule has 0 aromatic rings. The summed E-state index contributed by atoms with van der Waals surface area (Å²) >= 11 is 0. The van der Waals surface area contributed by atoms with Crippen LogP contribution in [0.15, 0.2) is 0 Å². The molecule has 0 aliphatic heterocycles. The monoisotopic (exact) mass is 266 g/mol. The van der Waals surface area contributed by atoms with E-state index in [1.54, 1.807) is 0 Å². The zero-order valence-corrected chi connectivity index (χ0v) is 13.2. The topological polar surface area (TPSA) is 15.3 Å². The Labute approximate surface area is 120 Å². The maximum Gasteiger partial charge on any atom is 0.0223 e. The fourth-order valence-electron chi connectivity index (χ4n) is 3.83. The van der Waals surface area contributed by atoms with Gasteiger partial charge in [-0.1, -0.05) is 39.5 Å². The molecule has 2 saturated carbocycles. The molecule has 1 atom stereocenters. The zero-order valence-electron chi connectivity index (χ0n) is 13.2. The van der Waals surface area contributed by atoms with Crippen LogP contribution in [0.5, 0.6) is 0 Å². The van der Waals surface area contributed by atoms with Crippen LogP contribution in [0.1, 0.15) is 65.2 Å². The Morgan fingerprint density at radius 1 is 1.00 bits per heavy atom. The van der Waals surface area contributed by atoms with Crippen LogP contribution in [0.2, 0.25) is 0 Å². The SMILES string of the molecule is CCNC(CN(CC)CC1CCC1)C1CCCCC1. The van der Waals surface area contributed by atoms with Crippen molar-refractivity contribution in [3.8, 4) is 0 Å². The molecule has 0 saturated heterocycles. The van der Waals surface area contributed by atoms with Crippen molar-refractivity contribution in [2.45, 2.75) is 71.3 Å². The van der Waals surface area contributed by atoms with Crippen molar-refractivity contribution < 1.29 is 0 Å². The average molecular weight is 266 g/mol. The molecule has 1 N–H and O–H groups in total. The maximum absolute atomic E-state index is 3.78. The minimum atomic E-state index is 0.741. The van der Waals surface area contributed by atoms with E-state index in [9.17, 15) is 0 Å². The minimum Gasteiger partial charge on any atom is -0.313 e. The molecule has 0 heterocycles. The van der Waals surface area contributed by atoms with E-state index in [0.717, 1.165) is 24.4 Å². The third-order valence-corrected chi connectivity index (χ3v) is 5.33. The average Bonchev–Trinajstić information content (AvgIpc) is 2.41. The van der Waals surface area contributed by atoms with E-state index in [1.165, 1.54) is 71.0 Å².